The van der Waals surface area contributed by atoms with Crippen LogP contribution in [-0.4, -0.2) is 32.4 Å². The number of rotatable bonds is 6. The molecule has 0 spiro atoms. The smallest absolute Gasteiger partial charge is 0.337 e. The van der Waals surface area contributed by atoms with Crippen LogP contribution in [0.2, 0.25) is 5.02 Å². The number of carbonyl (C=O) groups is 1. The molecule has 2 heterocycles. The zero-order chi connectivity index (χ0) is 18.8. The molecule has 136 valence electrons. The van der Waals surface area contributed by atoms with Crippen molar-refractivity contribution in [2.24, 2.45) is 0 Å². The van der Waals surface area contributed by atoms with Gasteiger partial charge in [0.1, 0.15) is 12.4 Å². The Kier molecular flexibility index (Phi) is 4.56. The van der Waals surface area contributed by atoms with E-state index < -0.39 is 5.97 Å². The monoisotopic (exact) mass is 381 g/mol. The van der Waals surface area contributed by atoms with Crippen LogP contribution < -0.4 is 4.74 Å². The number of halogens is 1. The van der Waals surface area contributed by atoms with Gasteiger partial charge in [0.25, 0.3) is 0 Å². The van der Waals surface area contributed by atoms with Gasteiger partial charge in [-0.3, -0.25) is 4.68 Å². The number of ether oxygens (including phenoxy) is 1. The molecule has 2 N–H and O–H groups in total. The van der Waals surface area contributed by atoms with E-state index in [9.17, 15) is 9.90 Å². The first-order chi connectivity index (χ1) is 13.1. The second-order valence-corrected chi connectivity index (χ2v) is 6.43. The second-order valence-electron chi connectivity index (χ2n) is 6.03. The van der Waals surface area contributed by atoms with Gasteiger partial charge in [-0.15, -0.1) is 0 Å². The molecule has 6 nitrogen and oxygen atoms in total. The molecule has 0 fully saturated rings. The number of aromatic amines is 1. The minimum atomic E-state index is -0.976. The Morgan fingerprint density at radius 3 is 2.78 bits per heavy atom. The van der Waals surface area contributed by atoms with Crippen molar-refractivity contribution in [3.8, 4) is 16.9 Å². The summed E-state index contributed by atoms with van der Waals surface area (Å²) < 4.78 is 7.54. The SMILES string of the molecule is O=C(O)c1c[nH]c2cc(Cl)c(-c3ccc(OCCn4cccn4)cc3)cc12. The topological polar surface area (TPSA) is 80.1 Å². The predicted octanol–water partition coefficient (Wildman–Crippen LogP) is 4.46. The Balaban J connectivity index is 1.55. The van der Waals surface area contributed by atoms with Gasteiger partial charge in [-0.2, -0.15) is 5.10 Å². The van der Waals surface area contributed by atoms with Gasteiger partial charge in [0.15, 0.2) is 0 Å². The van der Waals surface area contributed by atoms with Crippen molar-refractivity contribution in [1.29, 1.82) is 0 Å². The van der Waals surface area contributed by atoms with E-state index in [-0.39, 0.29) is 5.56 Å². The van der Waals surface area contributed by atoms with Crippen LogP contribution in [0.1, 0.15) is 10.4 Å². The Bertz CT molecular complexity index is 1090. The van der Waals surface area contributed by atoms with E-state index in [1.54, 1.807) is 23.0 Å². The van der Waals surface area contributed by atoms with Crippen LogP contribution in [0.4, 0.5) is 0 Å². The van der Waals surface area contributed by atoms with E-state index >= 15 is 0 Å². The summed E-state index contributed by atoms with van der Waals surface area (Å²) in [6.45, 7) is 1.18. The number of carboxylic acid groups (broad SMARTS) is 1. The van der Waals surface area contributed by atoms with Crippen LogP contribution in [0, 0.1) is 0 Å². The Morgan fingerprint density at radius 2 is 2.07 bits per heavy atom. The van der Waals surface area contributed by atoms with E-state index in [1.807, 2.05) is 36.5 Å². The number of nitrogens with zero attached hydrogens (tertiary/aromatic N) is 2. The fraction of sp³-hybridized carbons (Fsp3) is 0.100. The summed E-state index contributed by atoms with van der Waals surface area (Å²) in [5, 5.41) is 14.6. The number of hydrogen-bond donors (Lipinski definition) is 2. The molecule has 2 aromatic heterocycles. The van der Waals surface area contributed by atoms with Gasteiger partial charge in [0.2, 0.25) is 0 Å². The molecule has 7 heteroatoms. The third-order valence-electron chi connectivity index (χ3n) is 4.31. The lowest BCUT2D eigenvalue weighted by Crippen LogP contribution is -2.08. The number of fused-ring (bicyclic) bond motifs is 1. The van der Waals surface area contributed by atoms with Crippen molar-refractivity contribution < 1.29 is 14.6 Å². The number of aromatic carboxylic acids is 1. The molecule has 0 aliphatic heterocycles. The summed E-state index contributed by atoms with van der Waals surface area (Å²) in [6.07, 6.45) is 5.09. The molecule has 0 amide bonds. The van der Waals surface area contributed by atoms with Crippen LogP contribution in [0.25, 0.3) is 22.0 Å². The molecule has 4 aromatic rings. The van der Waals surface area contributed by atoms with Gasteiger partial charge in [0, 0.05) is 35.1 Å². The fourth-order valence-electron chi connectivity index (χ4n) is 2.96. The summed E-state index contributed by atoms with van der Waals surface area (Å²) in [5.41, 5.74) is 2.58. The number of nitrogens with one attached hydrogen (secondary N) is 1. The van der Waals surface area contributed by atoms with E-state index in [1.165, 1.54) is 6.20 Å². The lowest BCUT2D eigenvalue weighted by molar-refractivity contribution is 0.0699. The number of aromatic nitrogens is 3. The van der Waals surface area contributed by atoms with Crippen LogP contribution >= 0.6 is 11.6 Å². The molecule has 2 aromatic carbocycles. The molecule has 0 bridgehead atoms. The second kappa shape index (κ2) is 7.17. The maximum Gasteiger partial charge on any atom is 0.337 e. The number of benzene rings is 2. The van der Waals surface area contributed by atoms with Crippen molar-refractivity contribution in [3.05, 3.63) is 71.6 Å². The van der Waals surface area contributed by atoms with Crippen LogP contribution in [0.15, 0.2) is 61.1 Å². The van der Waals surface area contributed by atoms with E-state index in [0.29, 0.717) is 29.1 Å². The summed E-state index contributed by atoms with van der Waals surface area (Å²) in [5.74, 6) is -0.230. The molecule has 0 saturated heterocycles. The molecule has 0 atom stereocenters. The number of H-pyrrole nitrogens is 1. The first-order valence-corrected chi connectivity index (χ1v) is 8.74. The molecular formula is C20H16ClN3O3. The minimum Gasteiger partial charge on any atom is -0.492 e. The van der Waals surface area contributed by atoms with Crippen molar-refractivity contribution in [2.75, 3.05) is 6.61 Å². The zero-order valence-corrected chi connectivity index (χ0v) is 15.0. The van der Waals surface area contributed by atoms with Crippen LogP contribution in [-0.2, 0) is 6.54 Å². The summed E-state index contributed by atoms with van der Waals surface area (Å²) in [6, 6.07) is 13.0. The predicted molar refractivity (Wildman–Crippen MR) is 103 cm³/mol. The third kappa shape index (κ3) is 3.52. The minimum absolute atomic E-state index is 0.224. The molecule has 0 saturated carbocycles. The Morgan fingerprint density at radius 1 is 1.26 bits per heavy atom. The highest BCUT2D eigenvalue weighted by Gasteiger charge is 2.14. The average Bonchev–Trinajstić information content (AvgIpc) is 3.31. The van der Waals surface area contributed by atoms with Gasteiger partial charge in [0.05, 0.1) is 17.1 Å². The summed E-state index contributed by atoms with van der Waals surface area (Å²) in [4.78, 5) is 14.3. The largest absolute Gasteiger partial charge is 0.492 e. The molecular weight excluding hydrogens is 366 g/mol. The summed E-state index contributed by atoms with van der Waals surface area (Å²) in [7, 11) is 0. The molecule has 27 heavy (non-hydrogen) atoms. The lowest BCUT2D eigenvalue weighted by atomic mass is 10.0. The molecule has 0 radical (unpaired) electrons. The molecule has 0 unspecified atom stereocenters. The van der Waals surface area contributed by atoms with Crippen molar-refractivity contribution >= 4 is 28.5 Å². The first kappa shape index (κ1) is 17.2. The number of carboxylic acids is 1. The molecule has 0 aliphatic carbocycles. The normalized spacial score (nSPS) is 11.0. The van der Waals surface area contributed by atoms with E-state index in [2.05, 4.69) is 10.1 Å². The third-order valence-corrected chi connectivity index (χ3v) is 4.63. The fourth-order valence-corrected chi connectivity index (χ4v) is 3.23. The molecule has 4 rings (SSSR count). The average molecular weight is 382 g/mol. The van der Waals surface area contributed by atoms with E-state index in [4.69, 9.17) is 16.3 Å². The van der Waals surface area contributed by atoms with Gasteiger partial charge in [-0.1, -0.05) is 23.7 Å². The zero-order valence-electron chi connectivity index (χ0n) is 14.2. The van der Waals surface area contributed by atoms with Gasteiger partial charge in [-0.25, -0.2) is 4.79 Å². The maximum atomic E-state index is 11.4. The van der Waals surface area contributed by atoms with Crippen molar-refractivity contribution in [3.63, 3.8) is 0 Å². The lowest BCUT2D eigenvalue weighted by Gasteiger charge is -2.09. The quantitative estimate of drug-likeness (QED) is 0.516. The van der Waals surface area contributed by atoms with E-state index in [0.717, 1.165) is 16.9 Å². The Labute approximate surface area is 160 Å². The Hall–Kier alpha value is -3.25. The van der Waals surface area contributed by atoms with Gasteiger partial charge in [-0.05, 0) is 35.9 Å². The molecule has 0 aliphatic rings. The van der Waals surface area contributed by atoms with Gasteiger partial charge < -0.3 is 14.8 Å². The standard InChI is InChI=1S/C20H16ClN3O3/c21-18-11-19-16(17(12-22-19)20(25)26)10-15(18)13-2-4-14(5-3-13)27-9-8-24-7-1-6-23-24/h1-7,10-12,22H,8-9H2,(H,25,26). The maximum absolute atomic E-state index is 11.4. The summed E-state index contributed by atoms with van der Waals surface area (Å²) >= 11 is 6.40. The van der Waals surface area contributed by atoms with Crippen molar-refractivity contribution in [1.82, 2.24) is 14.8 Å². The van der Waals surface area contributed by atoms with Crippen LogP contribution in [0.3, 0.4) is 0 Å². The highest BCUT2D eigenvalue weighted by molar-refractivity contribution is 6.34. The van der Waals surface area contributed by atoms with Crippen LogP contribution in [0.5, 0.6) is 5.75 Å². The highest BCUT2D eigenvalue weighted by Crippen LogP contribution is 2.34. The first-order valence-electron chi connectivity index (χ1n) is 8.36. The number of hydrogen-bond acceptors (Lipinski definition) is 3. The van der Waals surface area contributed by atoms with Crippen molar-refractivity contribution in [2.45, 2.75) is 6.54 Å². The van der Waals surface area contributed by atoms with Gasteiger partial charge >= 0.3 is 5.97 Å². The highest BCUT2D eigenvalue weighted by atomic mass is 35.5.